The standard InChI is InChI=1S/C34H35FN8O/c1-42(2)11-10-37-25-13-22(12-24(35)16-25)27-6-5-7-30-28(27)17-32(39-30)34-29-15-21(8-9-31(29)40-41-34)23-14-26(19-36-18-23)38-33(44)20-43(3)4/h5-9,12-19,37,39H,10-11,20H2,1-4H3,(H,38,44)(H,40,41). The van der Waals surface area contributed by atoms with Crippen LogP contribution in [0.2, 0.25) is 0 Å². The predicted molar refractivity (Wildman–Crippen MR) is 176 cm³/mol. The number of hydrogen-bond acceptors (Lipinski definition) is 6. The SMILES string of the molecule is CN(C)CCNc1cc(F)cc(-c2cccc3[nH]c(-c4n[nH]c5ccc(-c6cncc(NC(=O)CN(C)C)c6)cc45)cc23)c1. The Bertz CT molecular complexity index is 1960. The number of carbonyl (C=O) groups excluding carboxylic acids is 1. The number of nitrogens with one attached hydrogen (secondary N) is 4. The Morgan fingerprint density at radius 2 is 1.68 bits per heavy atom. The number of carbonyl (C=O) groups is 1. The molecule has 0 radical (unpaired) electrons. The zero-order valence-corrected chi connectivity index (χ0v) is 25.2. The molecule has 0 saturated carbocycles. The molecule has 0 aliphatic heterocycles. The number of H-pyrrole nitrogens is 2. The highest BCUT2D eigenvalue weighted by Gasteiger charge is 2.16. The number of fused-ring (bicyclic) bond motifs is 2. The molecule has 9 nitrogen and oxygen atoms in total. The first-order chi connectivity index (χ1) is 21.2. The molecule has 0 bridgehead atoms. The Hall–Kier alpha value is -5.06. The number of rotatable bonds is 10. The lowest BCUT2D eigenvalue weighted by Crippen LogP contribution is -2.27. The van der Waals surface area contributed by atoms with Gasteiger partial charge < -0.3 is 25.4 Å². The molecule has 44 heavy (non-hydrogen) atoms. The number of nitrogens with zero attached hydrogens (tertiary/aromatic N) is 4. The van der Waals surface area contributed by atoms with Crippen molar-refractivity contribution in [2.75, 3.05) is 58.5 Å². The van der Waals surface area contributed by atoms with Crippen molar-refractivity contribution >= 4 is 39.1 Å². The Kier molecular flexibility index (Phi) is 8.10. The van der Waals surface area contributed by atoms with Crippen molar-refractivity contribution in [2.24, 2.45) is 0 Å². The third kappa shape index (κ3) is 6.31. The second-order valence-corrected chi connectivity index (χ2v) is 11.5. The summed E-state index contributed by atoms with van der Waals surface area (Å²) in [7, 11) is 7.72. The summed E-state index contributed by atoms with van der Waals surface area (Å²) in [6.07, 6.45) is 3.42. The summed E-state index contributed by atoms with van der Waals surface area (Å²) >= 11 is 0. The molecule has 0 atom stereocenters. The van der Waals surface area contributed by atoms with E-state index in [0.29, 0.717) is 12.2 Å². The highest BCUT2D eigenvalue weighted by molar-refractivity contribution is 6.02. The van der Waals surface area contributed by atoms with Crippen LogP contribution in [-0.4, -0.2) is 83.7 Å². The number of halogens is 1. The van der Waals surface area contributed by atoms with Crippen molar-refractivity contribution in [3.8, 4) is 33.6 Å². The largest absolute Gasteiger partial charge is 0.384 e. The van der Waals surface area contributed by atoms with Crippen LogP contribution in [0.15, 0.2) is 79.1 Å². The summed E-state index contributed by atoms with van der Waals surface area (Å²) in [4.78, 5) is 24.0. The van der Waals surface area contributed by atoms with Gasteiger partial charge in [-0.05, 0) is 93.4 Å². The first-order valence-corrected chi connectivity index (χ1v) is 14.4. The van der Waals surface area contributed by atoms with Crippen molar-refractivity contribution in [3.63, 3.8) is 0 Å². The van der Waals surface area contributed by atoms with Crippen molar-refractivity contribution in [1.29, 1.82) is 0 Å². The van der Waals surface area contributed by atoms with E-state index in [-0.39, 0.29) is 18.3 Å². The Morgan fingerprint density at radius 3 is 2.50 bits per heavy atom. The van der Waals surface area contributed by atoms with E-state index < -0.39 is 0 Å². The van der Waals surface area contributed by atoms with E-state index in [4.69, 9.17) is 0 Å². The van der Waals surface area contributed by atoms with Crippen LogP contribution in [0.5, 0.6) is 0 Å². The smallest absolute Gasteiger partial charge is 0.238 e. The van der Waals surface area contributed by atoms with Crippen LogP contribution in [0.25, 0.3) is 55.4 Å². The molecule has 0 aliphatic carbocycles. The number of likely N-dealkylation sites (N-methyl/N-ethyl adjacent to an activating group) is 2. The summed E-state index contributed by atoms with van der Waals surface area (Å²) in [5.74, 6) is -0.390. The molecule has 3 aromatic carbocycles. The van der Waals surface area contributed by atoms with E-state index in [1.165, 1.54) is 6.07 Å². The van der Waals surface area contributed by atoms with Gasteiger partial charge in [0.1, 0.15) is 11.5 Å². The fraction of sp³-hybridized carbons (Fsp3) is 0.206. The average molecular weight is 591 g/mol. The van der Waals surface area contributed by atoms with E-state index in [0.717, 1.165) is 67.7 Å². The van der Waals surface area contributed by atoms with Gasteiger partial charge in [-0.15, -0.1) is 0 Å². The lowest BCUT2D eigenvalue weighted by molar-refractivity contribution is -0.116. The summed E-state index contributed by atoms with van der Waals surface area (Å²) in [6, 6.07) is 21.1. The van der Waals surface area contributed by atoms with Gasteiger partial charge in [0.2, 0.25) is 5.91 Å². The van der Waals surface area contributed by atoms with E-state index >= 15 is 0 Å². The van der Waals surface area contributed by atoms with Gasteiger partial charge in [-0.3, -0.25) is 14.9 Å². The van der Waals surface area contributed by atoms with Gasteiger partial charge in [0.25, 0.3) is 0 Å². The van der Waals surface area contributed by atoms with Crippen LogP contribution < -0.4 is 10.6 Å². The second-order valence-electron chi connectivity index (χ2n) is 11.5. The molecule has 0 unspecified atom stereocenters. The third-order valence-corrected chi connectivity index (χ3v) is 7.39. The molecule has 1 amide bonds. The van der Waals surface area contributed by atoms with E-state index in [9.17, 15) is 9.18 Å². The van der Waals surface area contributed by atoms with Crippen LogP contribution >= 0.6 is 0 Å². The normalized spacial score (nSPS) is 11.6. The zero-order valence-electron chi connectivity index (χ0n) is 25.2. The minimum atomic E-state index is -0.288. The van der Waals surface area contributed by atoms with Gasteiger partial charge >= 0.3 is 0 Å². The molecule has 224 valence electrons. The van der Waals surface area contributed by atoms with E-state index in [1.807, 2.05) is 75.6 Å². The summed E-state index contributed by atoms with van der Waals surface area (Å²) in [5, 5.41) is 16.0. The fourth-order valence-electron chi connectivity index (χ4n) is 5.36. The maximum Gasteiger partial charge on any atom is 0.238 e. The van der Waals surface area contributed by atoms with Crippen molar-refractivity contribution in [1.82, 2.24) is 30.0 Å². The maximum absolute atomic E-state index is 14.7. The first kappa shape index (κ1) is 29.0. The van der Waals surface area contributed by atoms with Crippen LogP contribution in [0, 0.1) is 5.82 Å². The first-order valence-electron chi connectivity index (χ1n) is 14.4. The second kappa shape index (κ2) is 12.3. The minimum absolute atomic E-state index is 0.102. The molecule has 0 aliphatic rings. The van der Waals surface area contributed by atoms with Gasteiger partial charge in [-0.2, -0.15) is 5.10 Å². The summed E-state index contributed by atoms with van der Waals surface area (Å²) in [5.41, 5.74) is 8.38. The predicted octanol–water partition coefficient (Wildman–Crippen LogP) is 6.05. The molecule has 0 fully saturated rings. The molecule has 10 heteroatoms. The molecular formula is C34H35FN8O. The molecule has 6 rings (SSSR count). The number of benzene rings is 3. The van der Waals surface area contributed by atoms with Crippen molar-refractivity contribution < 1.29 is 9.18 Å². The lowest BCUT2D eigenvalue weighted by atomic mass is 10.0. The quantitative estimate of drug-likeness (QED) is 0.155. The van der Waals surface area contributed by atoms with E-state index in [2.05, 4.69) is 47.8 Å². The van der Waals surface area contributed by atoms with Crippen molar-refractivity contribution in [2.45, 2.75) is 0 Å². The van der Waals surface area contributed by atoms with Crippen molar-refractivity contribution in [3.05, 3.63) is 84.9 Å². The van der Waals surface area contributed by atoms with E-state index in [1.54, 1.807) is 18.5 Å². The molecule has 6 aromatic rings. The number of anilines is 2. The van der Waals surface area contributed by atoms with Crippen LogP contribution in [0.4, 0.5) is 15.8 Å². The molecule has 3 aromatic heterocycles. The molecule has 3 heterocycles. The van der Waals surface area contributed by atoms with Crippen LogP contribution in [-0.2, 0) is 4.79 Å². The van der Waals surface area contributed by atoms with Gasteiger partial charge in [-0.25, -0.2) is 4.39 Å². The Labute approximate surface area is 255 Å². The summed E-state index contributed by atoms with van der Waals surface area (Å²) in [6.45, 7) is 1.85. The van der Waals surface area contributed by atoms with Gasteiger partial charge in [0.15, 0.2) is 0 Å². The topological polar surface area (TPSA) is 105 Å². The zero-order chi connectivity index (χ0) is 30.8. The number of hydrogen-bond donors (Lipinski definition) is 4. The number of amides is 1. The van der Waals surface area contributed by atoms with Gasteiger partial charge in [0.05, 0.1) is 29.6 Å². The Balaban J connectivity index is 1.33. The fourth-order valence-corrected chi connectivity index (χ4v) is 5.36. The van der Waals surface area contributed by atoms with Gasteiger partial charge in [-0.1, -0.05) is 18.2 Å². The molecular weight excluding hydrogens is 555 g/mol. The van der Waals surface area contributed by atoms with Crippen LogP contribution in [0.3, 0.4) is 0 Å². The van der Waals surface area contributed by atoms with Gasteiger partial charge in [0, 0.05) is 46.8 Å². The maximum atomic E-state index is 14.7. The number of aromatic nitrogens is 4. The lowest BCUT2D eigenvalue weighted by Gasteiger charge is -2.13. The highest BCUT2D eigenvalue weighted by atomic mass is 19.1. The molecule has 4 N–H and O–H groups in total. The third-order valence-electron chi connectivity index (χ3n) is 7.39. The van der Waals surface area contributed by atoms with Crippen LogP contribution in [0.1, 0.15) is 0 Å². The molecule has 0 saturated heterocycles. The highest BCUT2D eigenvalue weighted by Crippen LogP contribution is 2.36. The number of aromatic amines is 2. The summed E-state index contributed by atoms with van der Waals surface area (Å²) < 4.78 is 14.7. The number of pyridine rings is 1. The molecule has 0 spiro atoms. The Morgan fingerprint density at radius 1 is 0.841 bits per heavy atom. The minimum Gasteiger partial charge on any atom is -0.384 e. The monoisotopic (exact) mass is 590 g/mol. The average Bonchev–Trinajstić information content (AvgIpc) is 3.60.